The van der Waals surface area contributed by atoms with Gasteiger partial charge >= 0.3 is 0 Å². The number of halogens is 1. The van der Waals surface area contributed by atoms with Crippen molar-refractivity contribution in [2.24, 2.45) is 11.8 Å². The minimum atomic E-state index is 0.632. The highest BCUT2D eigenvalue weighted by Crippen LogP contribution is 2.52. The molecule has 1 heterocycles. The molecule has 114 valence electrons. The molecule has 4 rings (SSSR count). The van der Waals surface area contributed by atoms with Gasteiger partial charge in [-0.3, -0.25) is 0 Å². The van der Waals surface area contributed by atoms with Crippen LogP contribution in [0.15, 0.2) is 0 Å². The van der Waals surface area contributed by atoms with E-state index >= 15 is 0 Å². The summed E-state index contributed by atoms with van der Waals surface area (Å²) in [6.45, 7) is 0. The fraction of sp³-hybridized carbons (Fsp3) is 0.765. The van der Waals surface area contributed by atoms with E-state index in [4.69, 9.17) is 9.97 Å². The van der Waals surface area contributed by atoms with Crippen molar-refractivity contribution in [1.82, 2.24) is 9.97 Å². The standard InChI is InChI=1S/C17H24IN3/c1-19-17-14(18)15(11-4-2-3-5-11)20-16(21-17)13-9-10-6-7-12(13)8-10/h10-13H,2-9H2,1H3,(H,19,20,21). The largest absolute Gasteiger partial charge is 0.372 e. The quantitative estimate of drug-likeness (QED) is 0.753. The van der Waals surface area contributed by atoms with Gasteiger partial charge in [-0.15, -0.1) is 0 Å². The zero-order chi connectivity index (χ0) is 14.4. The maximum absolute atomic E-state index is 5.11. The Balaban J connectivity index is 1.71. The predicted octanol–water partition coefficient (Wildman–Crippen LogP) is 4.68. The van der Waals surface area contributed by atoms with E-state index in [1.807, 2.05) is 7.05 Å². The average molecular weight is 397 g/mol. The molecule has 3 aliphatic carbocycles. The summed E-state index contributed by atoms with van der Waals surface area (Å²) < 4.78 is 1.26. The van der Waals surface area contributed by atoms with Crippen molar-refractivity contribution in [1.29, 1.82) is 0 Å². The molecular weight excluding hydrogens is 373 g/mol. The van der Waals surface area contributed by atoms with Crippen LogP contribution in [0, 0.1) is 15.4 Å². The van der Waals surface area contributed by atoms with Gasteiger partial charge < -0.3 is 5.32 Å². The van der Waals surface area contributed by atoms with Crippen molar-refractivity contribution in [3.63, 3.8) is 0 Å². The molecule has 21 heavy (non-hydrogen) atoms. The highest BCUT2D eigenvalue weighted by Gasteiger charge is 2.42. The monoisotopic (exact) mass is 397 g/mol. The van der Waals surface area contributed by atoms with Crippen LogP contribution < -0.4 is 5.32 Å². The summed E-state index contributed by atoms with van der Waals surface area (Å²) in [6.07, 6.45) is 11.0. The van der Waals surface area contributed by atoms with Crippen LogP contribution >= 0.6 is 22.6 Å². The summed E-state index contributed by atoms with van der Waals surface area (Å²) in [4.78, 5) is 10.00. The topological polar surface area (TPSA) is 37.8 Å². The van der Waals surface area contributed by atoms with Crippen LogP contribution in [0.5, 0.6) is 0 Å². The Morgan fingerprint density at radius 2 is 1.86 bits per heavy atom. The number of hydrogen-bond acceptors (Lipinski definition) is 3. The molecule has 0 spiro atoms. The van der Waals surface area contributed by atoms with Gasteiger partial charge in [-0.2, -0.15) is 0 Å². The second-order valence-corrected chi connectivity index (χ2v) is 8.22. The van der Waals surface area contributed by atoms with Gasteiger partial charge in [0.05, 0.1) is 9.26 Å². The minimum Gasteiger partial charge on any atom is -0.372 e. The Bertz CT molecular complexity index is 539. The summed E-state index contributed by atoms with van der Waals surface area (Å²) in [5, 5.41) is 3.31. The van der Waals surface area contributed by atoms with Crippen molar-refractivity contribution >= 4 is 28.4 Å². The van der Waals surface area contributed by atoms with Crippen LogP contribution in [0.25, 0.3) is 0 Å². The Morgan fingerprint density at radius 3 is 2.48 bits per heavy atom. The van der Waals surface area contributed by atoms with E-state index in [9.17, 15) is 0 Å². The predicted molar refractivity (Wildman–Crippen MR) is 93.7 cm³/mol. The van der Waals surface area contributed by atoms with Crippen LogP contribution in [0.1, 0.15) is 74.7 Å². The molecular formula is C17H24IN3. The number of nitrogens with zero attached hydrogens (tertiary/aromatic N) is 2. The highest BCUT2D eigenvalue weighted by atomic mass is 127. The minimum absolute atomic E-state index is 0.632. The van der Waals surface area contributed by atoms with Crippen LogP contribution in [0.2, 0.25) is 0 Å². The Kier molecular flexibility index (Phi) is 3.84. The molecule has 1 aromatic rings. The number of fused-ring (bicyclic) bond motifs is 2. The van der Waals surface area contributed by atoms with E-state index in [1.165, 1.54) is 60.6 Å². The summed E-state index contributed by atoms with van der Waals surface area (Å²) in [5.74, 6) is 5.32. The normalized spacial score (nSPS) is 32.0. The summed E-state index contributed by atoms with van der Waals surface area (Å²) in [6, 6.07) is 0. The summed E-state index contributed by atoms with van der Waals surface area (Å²) in [7, 11) is 1.99. The lowest BCUT2D eigenvalue weighted by Gasteiger charge is -2.23. The second-order valence-electron chi connectivity index (χ2n) is 7.14. The molecule has 0 aromatic carbocycles. The first-order chi connectivity index (χ1) is 10.3. The second kappa shape index (κ2) is 5.67. The zero-order valence-corrected chi connectivity index (χ0v) is 14.9. The van der Waals surface area contributed by atoms with Gasteiger partial charge in [0, 0.05) is 18.9 Å². The smallest absolute Gasteiger partial charge is 0.143 e. The molecule has 0 saturated heterocycles. The van der Waals surface area contributed by atoms with Crippen LogP contribution in [0.3, 0.4) is 0 Å². The molecule has 3 fully saturated rings. The molecule has 2 bridgehead atoms. The first kappa shape index (κ1) is 14.2. The lowest BCUT2D eigenvalue weighted by molar-refractivity contribution is 0.403. The van der Waals surface area contributed by atoms with Crippen molar-refractivity contribution in [3.05, 3.63) is 15.1 Å². The van der Waals surface area contributed by atoms with E-state index in [0.717, 1.165) is 23.5 Å². The molecule has 4 heteroatoms. The van der Waals surface area contributed by atoms with Gasteiger partial charge in [0.15, 0.2) is 0 Å². The van der Waals surface area contributed by atoms with Gasteiger partial charge in [0.1, 0.15) is 11.6 Å². The fourth-order valence-electron chi connectivity index (χ4n) is 4.84. The molecule has 0 aliphatic heterocycles. The van der Waals surface area contributed by atoms with Crippen molar-refractivity contribution < 1.29 is 0 Å². The molecule has 3 unspecified atom stereocenters. The van der Waals surface area contributed by atoms with Crippen molar-refractivity contribution in [2.45, 2.75) is 63.2 Å². The Hall–Kier alpha value is -0.390. The number of hydrogen-bond donors (Lipinski definition) is 1. The lowest BCUT2D eigenvalue weighted by atomic mass is 9.88. The fourth-order valence-corrected chi connectivity index (χ4v) is 5.80. The molecule has 3 atom stereocenters. The third-order valence-electron chi connectivity index (χ3n) is 5.94. The van der Waals surface area contributed by atoms with Gasteiger partial charge in [-0.25, -0.2) is 9.97 Å². The summed E-state index contributed by atoms with van der Waals surface area (Å²) in [5.41, 5.74) is 1.34. The van der Waals surface area contributed by atoms with E-state index in [1.54, 1.807) is 0 Å². The first-order valence-corrected chi connectivity index (χ1v) is 9.59. The van der Waals surface area contributed by atoms with E-state index in [-0.39, 0.29) is 0 Å². The third kappa shape index (κ3) is 2.47. The molecule has 3 saturated carbocycles. The SMILES string of the molecule is CNc1nc(C2CC3CCC2C3)nc(C2CCCC2)c1I. The summed E-state index contributed by atoms with van der Waals surface area (Å²) >= 11 is 2.45. The van der Waals surface area contributed by atoms with Gasteiger partial charge in [0.2, 0.25) is 0 Å². The van der Waals surface area contributed by atoms with Gasteiger partial charge in [-0.1, -0.05) is 19.3 Å². The molecule has 3 nitrogen and oxygen atoms in total. The molecule has 1 N–H and O–H groups in total. The van der Waals surface area contributed by atoms with Gasteiger partial charge in [-0.05, 0) is 66.5 Å². The lowest BCUT2D eigenvalue weighted by Crippen LogP contribution is -2.16. The molecule has 0 amide bonds. The average Bonchev–Trinajstić information content (AvgIpc) is 3.24. The number of nitrogens with one attached hydrogen (secondary N) is 1. The first-order valence-electron chi connectivity index (χ1n) is 8.51. The number of anilines is 1. The maximum Gasteiger partial charge on any atom is 0.143 e. The molecule has 0 radical (unpaired) electrons. The van der Waals surface area contributed by atoms with Crippen molar-refractivity contribution in [3.8, 4) is 0 Å². The highest BCUT2D eigenvalue weighted by molar-refractivity contribution is 14.1. The van der Waals surface area contributed by atoms with Crippen LogP contribution in [-0.2, 0) is 0 Å². The zero-order valence-electron chi connectivity index (χ0n) is 12.7. The number of aromatic nitrogens is 2. The number of rotatable bonds is 3. The molecule has 3 aliphatic rings. The van der Waals surface area contributed by atoms with Crippen molar-refractivity contribution in [2.75, 3.05) is 12.4 Å². The maximum atomic E-state index is 5.11. The van der Waals surface area contributed by atoms with E-state index in [2.05, 4.69) is 27.9 Å². The third-order valence-corrected chi connectivity index (χ3v) is 7.01. The van der Waals surface area contributed by atoms with Gasteiger partial charge in [0.25, 0.3) is 0 Å². The van der Waals surface area contributed by atoms with E-state index < -0.39 is 0 Å². The van der Waals surface area contributed by atoms with E-state index in [0.29, 0.717) is 11.8 Å². The molecule has 1 aromatic heterocycles. The van der Waals surface area contributed by atoms with Crippen LogP contribution in [0.4, 0.5) is 5.82 Å². The van der Waals surface area contributed by atoms with Crippen LogP contribution in [-0.4, -0.2) is 17.0 Å². The Labute approximate surface area is 140 Å². The Morgan fingerprint density at radius 1 is 1.05 bits per heavy atom.